The lowest BCUT2D eigenvalue weighted by atomic mass is 10.0. The van der Waals surface area contributed by atoms with Gasteiger partial charge in [-0.1, -0.05) is 106 Å². The van der Waals surface area contributed by atoms with Crippen LogP contribution in [0.3, 0.4) is 0 Å². The third-order valence-electron chi connectivity index (χ3n) is 6.36. The molecule has 2 aliphatic heterocycles. The second-order valence-electron chi connectivity index (χ2n) is 9.28. The first-order valence-electron chi connectivity index (χ1n) is 13.5. The molecule has 0 aliphatic carbocycles. The Balaban J connectivity index is 0.000000164. The fourth-order valence-electron chi connectivity index (χ4n) is 3.81. The standard InChI is InChI=1S/C16H18.2C9H10O2.CH4/c1-3-13-5-9-15(10-6-13)16-11-7-14(4-2)8-12-16;2*1-2-4-8(5-3-1)11-9-6-10-7-9;/h5-12H,3-4H2,1-2H3;2*1-5,9H,6-7H2;1H4. The molecule has 4 nitrogen and oxygen atoms in total. The van der Waals surface area contributed by atoms with E-state index in [-0.39, 0.29) is 19.6 Å². The van der Waals surface area contributed by atoms with E-state index in [1.54, 1.807) is 0 Å². The van der Waals surface area contributed by atoms with Crippen LogP contribution >= 0.6 is 0 Å². The number of ether oxygens (including phenoxy) is 4. The summed E-state index contributed by atoms with van der Waals surface area (Å²) in [6, 6.07) is 37.3. The topological polar surface area (TPSA) is 36.9 Å². The van der Waals surface area contributed by atoms with Gasteiger partial charge >= 0.3 is 0 Å². The summed E-state index contributed by atoms with van der Waals surface area (Å²) in [5.74, 6) is 1.86. The number of benzene rings is 4. The molecule has 2 aliphatic rings. The third kappa shape index (κ3) is 9.90. The van der Waals surface area contributed by atoms with Crippen molar-refractivity contribution in [2.75, 3.05) is 26.4 Å². The summed E-state index contributed by atoms with van der Waals surface area (Å²) in [6.45, 7) is 7.30. The zero-order chi connectivity index (χ0) is 26.4. The van der Waals surface area contributed by atoms with Crippen molar-refractivity contribution in [1.82, 2.24) is 0 Å². The minimum Gasteiger partial charge on any atom is -0.486 e. The summed E-state index contributed by atoms with van der Waals surface area (Å²) in [5, 5.41) is 0. The average molecular weight is 527 g/mol. The van der Waals surface area contributed by atoms with Gasteiger partial charge in [-0.3, -0.25) is 0 Å². The quantitative estimate of drug-likeness (QED) is 0.244. The Kier molecular flexibility index (Phi) is 12.6. The molecule has 2 fully saturated rings. The third-order valence-corrected chi connectivity index (χ3v) is 6.36. The first-order chi connectivity index (χ1) is 18.7. The molecule has 0 amide bonds. The van der Waals surface area contributed by atoms with Crippen LogP contribution in [-0.4, -0.2) is 38.6 Å². The van der Waals surface area contributed by atoms with Gasteiger partial charge in [0.05, 0.1) is 26.4 Å². The molecule has 4 aromatic carbocycles. The largest absolute Gasteiger partial charge is 0.486 e. The average Bonchev–Trinajstić information content (AvgIpc) is 2.95. The molecule has 4 heteroatoms. The molecule has 4 aromatic rings. The van der Waals surface area contributed by atoms with Crippen molar-refractivity contribution in [3.63, 3.8) is 0 Å². The zero-order valence-corrected chi connectivity index (χ0v) is 22.4. The maximum Gasteiger partial charge on any atom is 0.145 e. The SMILES string of the molecule is C.CCc1ccc(-c2ccc(CC)cc2)cc1.c1ccc(OC2COC2)cc1.c1ccc(OC2COC2)cc1. The fourth-order valence-corrected chi connectivity index (χ4v) is 3.81. The summed E-state index contributed by atoms with van der Waals surface area (Å²) in [4.78, 5) is 0. The predicted octanol–water partition coefficient (Wildman–Crippen LogP) is 8.04. The minimum atomic E-state index is 0. The first-order valence-corrected chi connectivity index (χ1v) is 13.5. The monoisotopic (exact) mass is 526 g/mol. The van der Waals surface area contributed by atoms with E-state index in [0.29, 0.717) is 0 Å². The van der Waals surface area contributed by atoms with Gasteiger partial charge in [0.25, 0.3) is 0 Å². The molecular formula is C35H42O4. The van der Waals surface area contributed by atoms with Gasteiger partial charge < -0.3 is 18.9 Å². The first kappa shape index (κ1) is 29.9. The molecule has 0 radical (unpaired) electrons. The van der Waals surface area contributed by atoms with E-state index < -0.39 is 0 Å². The van der Waals surface area contributed by atoms with Crippen molar-refractivity contribution in [3.8, 4) is 22.6 Å². The van der Waals surface area contributed by atoms with Crippen molar-refractivity contribution in [2.24, 2.45) is 0 Å². The molecular weight excluding hydrogens is 484 g/mol. The summed E-state index contributed by atoms with van der Waals surface area (Å²) in [5.41, 5.74) is 5.41. The fraction of sp³-hybridized carbons (Fsp3) is 0.314. The van der Waals surface area contributed by atoms with Crippen molar-refractivity contribution in [3.05, 3.63) is 120 Å². The summed E-state index contributed by atoms with van der Waals surface area (Å²) < 4.78 is 21.0. The lowest BCUT2D eigenvalue weighted by Crippen LogP contribution is -2.38. The number of rotatable bonds is 7. The summed E-state index contributed by atoms with van der Waals surface area (Å²) in [6.07, 6.45) is 2.76. The van der Waals surface area contributed by atoms with Crippen LogP contribution in [0, 0.1) is 0 Å². The van der Waals surface area contributed by atoms with Crippen LogP contribution in [0.1, 0.15) is 32.4 Å². The highest BCUT2D eigenvalue weighted by Crippen LogP contribution is 2.21. The Bertz CT molecular complexity index is 1070. The Morgan fingerprint density at radius 3 is 1.10 bits per heavy atom. The van der Waals surface area contributed by atoms with Gasteiger partial charge in [0.2, 0.25) is 0 Å². The second kappa shape index (κ2) is 16.4. The normalized spacial score (nSPS) is 14.1. The number of hydrogen-bond acceptors (Lipinski definition) is 4. The molecule has 0 unspecified atom stereocenters. The lowest BCUT2D eigenvalue weighted by Gasteiger charge is -2.26. The van der Waals surface area contributed by atoms with E-state index in [4.69, 9.17) is 18.9 Å². The highest BCUT2D eigenvalue weighted by atomic mass is 16.6. The molecule has 0 bridgehead atoms. The van der Waals surface area contributed by atoms with Crippen LogP contribution in [0.15, 0.2) is 109 Å². The highest BCUT2D eigenvalue weighted by molar-refractivity contribution is 5.63. The van der Waals surface area contributed by atoms with E-state index in [1.807, 2.05) is 60.7 Å². The molecule has 0 aromatic heterocycles. The lowest BCUT2D eigenvalue weighted by molar-refractivity contribution is -0.0796. The van der Waals surface area contributed by atoms with Crippen molar-refractivity contribution < 1.29 is 18.9 Å². The van der Waals surface area contributed by atoms with Gasteiger partial charge in [-0.05, 0) is 59.4 Å². The van der Waals surface area contributed by atoms with E-state index in [0.717, 1.165) is 50.8 Å². The van der Waals surface area contributed by atoms with Gasteiger partial charge in [0, 0.05) is 0 Å². The van der Waals surface area contributed by atoms with Gasteiger partial charge in [-0.2, -0.15) is 0 Å². The maximum absolute atomic E-state index is 5.53. The molecule has 0 spiro atoms. The van der Waals surface area contributed by atoms with Crippen LogP contribution in [-0.2, 0) is 22.3 Å². The number of hydrogen-bond donors (Lipinski definition) is 0. The summed E-state index contributed by atoms with van der Waals surface area (Å²) in [7, 11) is 0. The minimum absolute atomic E-state index is 0. The van der Waals surface area contributed by atoms with E-state index in [2.05, 4.69) is 62.4 Å². The Hall–Kier alpha value is -3.60. The Labute approximate surface area is 234 Å². The Morgan fingerprint density at radius 2 is 0.846 bits per heavy atom. The molecule has 2 heterocycles. The van der Waals surface area contributed by atoms with Crippen LogP contribution in [0.4, 0.5) is 0 Å². The van der Waals surface area contributed by atoms with E-state index >= 15 is 0 Å². The Morgan fingerprint density at radius 1 is 0.513 bits per heavy atom. The number of para-hydroxylation sites is 2. The van der Waals surface area contributed by atoms with Gasteiger partial charge in [-0.15, -0.1) is 0 Å². The van der Waals surface area contributed by atoms with Gasteiger partial charge in [0.15, 0.2) is 0 Å². The smallest absolute Gasteiger partial charge is 0.145 e. The van der Waals surface area contributed by atoms with E-state index in [1.165, 1.54) is 22.3 Å². The van der Waals surface area contributed by atoms with Crippen molar-refractivity contribution in [2.45, 2.75) is 46.3 Å². The molecule has 6 rings (SSSR count). The molecule has 2 saturated heterocycles. The van der Waals surface area contributed by atoms with Gasteiger partial charge in [-0.25, -0.2) is 0 Å². The molecule has 0 saturated carbocycles. The second-order valence-corrected chi connectivity index (χ2v) is 9.28. The zero-order valence-electron chi connectivity index (χ0n) is 22.4. The number of aryl methyl sites for hydroxylation is 2. The van der Waals surface area contributed by atoms with Crippen molar-refractivity contribution >= 4 is 0 Å². The predicted molar refractivity (Wildman–Crippen MR) is 161 cm³/mol. The highest BCUT2D eigenvalue weighted by Gasteiger charge is 2.20. The van der Waals surface area contributed by atoms with Crippen LogP contribution < -0.4 is 9.47 Å². The van der Waals surface area contributed by atoms with Crippen LogP contribution in [0.25, 0.3) is 11.1 Å². The molecule has 206 valence electrons. The van der Waals surface area contributed by atoms with E-state index in [9.17, 15) is 0 Å². The molecule has 0 atom stereocenters. The van der Waals surface area contributed by atoms with Crippen molar-refractivity contribution in [1.29, 1.82) is 0 Å². The summed E-state index contributed by atoms with van der Waals surface area (Å²) >= 11 is 0. The van der Waals surface area contributed by atoms with Gasteiger partial charge in [0.1, 0.15) is 23.7 Å². The van der Waals surface area contributed by atoms with Crippen LogP contribution in [0.5, 0.6) is 11.5 Å². The maximum atomic E-state index is 5.53. The van der Waals surface area contributed by atoms with Crippen LogP contribution in [0.2, 0.25) is 0 Å². The molecule has 0 N–H and O–H groups in total. The molecule has 39 heavy (non-hydrogen) atoms.